The van der Waals surface area contributed by atoms with Crippen LogP contribution in [0.4, 0.5) is 5.82 Å². The first kappa shape index (κ1) is 16.4. The van der Waals surface area contributed by atoms with Crippen molar-refractivity contribution >= 4 is 28.3 Å². The van der Waals surface area contributed by atoms with E-state index in [0.29, 0.717) is 21.9 Å². The molecule has 0 aliphatic rings. The Morgan fingerprint density at radius 3 is 2.42 bits per heavy atom. The molecule has 0 radical (unpaired) electrons. The molecule has 0 amide bonds. The number of nitrogens with zero attached hydrogens (tertiary/aromatic N) is 2. The summed E-state index contributed by atoms with van der Waals surface area (Å²) in [5, 5.41) is 15.6. The van der Waals surface area contributed by atoms with Crippen molar-refractivity contribution in [1.29, 1.82) is 0 Å². The minimum Gasteiger partial charge on any atom is -0.505 e. The molecule has 2 heterocycles. The van der Waals surface area contributed by atoms with E-state index >= 15 is 0 Å². The van der Waals surface area contributed by atoms with Crippen molar-refractivity contribution in [3.63, 3.8) is 0 Å². The number of fused-ring (bicyclic) bond motifs is 1. The molecular formula is C21H16ClN3O. The lowest BCUT2D eigenvalue weighted by Gasteiger charge is -2.22. The molecular weight excluding hydrogens is 346 g/mol. The fourth-order valence-electron chi connectivity index (χ4n) is 3.01. The molecule has 0 unspecified atom stereocenters. The highest BCUT2D eigenvalue weighted by atomic mass is 35.5. The first-order valence-corrected chi connectivity index (χ1v) is 8.60. The Labute approximate surface area is 156 Å². The van der Waals surface area contributed by atoms with E-state index in [-0.39, 0.29) is 11.8 Å². The van der Waals surface area contributed by atoms with Gasteiger partial charge in [-0.3, -0.25) is 4.98 Å². The molecule has 2 aromatic carbocycles. The number of aromatic hydroxyl groups is 1. The summed E-state index contributed by atoms with van der Waals surface area (Å²) >= 11 is 6.47. The Morgan fingerprint density at radius 2 is 1.65 bits per heavy atom. The van der Waals surface area contributed by atoms with Crippen LogP contribution >= 0.6 is 11.6 Å². The first-order valence-electron chi connectivity index (χ1n) is 8.22. The largest absolute Gasteiger partial charge is 0.505 e. The number of phenolic OH excluding ortho intramolecular Hbond substituents is 1. The molecule has 0 aliphatic heterocycles. The van der Waals surface area contributed by atoms with Crippen LogP contribution in [0, 0.1) is 0 Å². The normalized spacial score (nSPS) is 12.0. The highest BCUT2D eigenvalue weighted by Crippen LogP contribution is 2.39. The van der Waals surface area contributed by atoms with Gasteiger partial charge in [0, 0.05) is 23.3 Å². The molecule has 4 nitrogen and oxygen atoms in total. The zero-order valence-corrected chi connectivity index (χ0v) is 14.6. The van der Waals surface area contributed by atoms with Gasteiger partial charge in [-0.05, 0) is 35.9 Å². The molecule has 0 bridgehead atoms. The Bertz CT molecular complexity index is 1040. The van der Waals surface area contributed by atoms with Crippen LogP contribution in [-0.4, -0.2) is 15.1 Å². The number of anilines is 1. The zero-order valence-electron chi connectivity index (χ0n) is 13.8. The Hall–Kier alpha value is -3.11. The Balaban J connectivity index is 1.89. The third-order valence-corrected chi connectivity index (χ3v) is 4.56. The van der Waals surface area contributed by atoms with Crippen molar-refractivity contribution in [1.82, 2.24) is 9.97 Å². The molecule has 2 N–H and O–H groups in total. The molecule has 0 aliphatic carbocycles. The van der Waals surface area contributed by atoms with E-state index in [1.165, 1.54) is 0 Å². The second-order valence-corrected chi connectivity index (χ2v) is 6.31. The summed E-state index contributed by atoms with van der Waals surface area (Å²) in [6.07, 6.45) is 3.37. The number of aromatic nitrogens is 2. The van der Waals surface area contributed by atoms with Gasteiger partial charge in [-0.15, -0.1) is 0 Å². The quantitative estimate of drug-likeness (QED) is 0.525. The predicted octanol–water partition coefficient (Wildman–Crippen LogP) is 5.19. The van der Waals surface area contributed by atoms with E-state index in [2.05, 4.69) is 15.3 Å². The number of hydrogen-bond donors (Lipinski definition) is 2. The Kier molecular flexibility index (Phi) is 4.42. The van der Waals surface area contributed by atoms with Gasteiger partial charge in [0.25, 0.3) is 0 Å². The highest BCUT2D eigenvalue weighted by Gasteiger charge is 2.21. The van der Waals surface area contributed by atoms with Crippen LogP contribution in [0.15, 0.2) is 79.1 Å². The van der Waals surface area contributed by atoms with Crippen molar-refractivity contribution in [2.75, 3.05) is 5.32 Å². The molecule has 0 fully saturated rings. The lowest BCUT2D eigenvalue weighted by Crippen LogP contribution is -2.13. The molecule has 0 spiro atoms. The van der Waals surface area contributed by atoms with Gasteiger partial charge < -0.3 is 10.4 Å². The number of nitrogens with one attached hydrogen (secondary N) is 1. The molecule has 5 heteroatoms. The number of pyridine rings is 2. The van der Waals surface area contributed by atoms with Gasteiger partial charge in [0.2, 0.25) is 0 Å². The van der Waals surface area contributed by atoms with E-state index in [1.54, 1.807) is 24.5 Å². The van der Waals surface area contributed by atoms with Crippen LogP contribution in [0.5, 0.6) is 5.75 Å². The van der Waals surface area contributed by atoms with Crippen molar-refractivity contribution in [2.24, 2.45) is 0 Å². The summed E-state index contributed by atoms with van der Waals surface area (Å²) in [4.78, 5) is 8.65. The lowest BCUT2D eigenvalue weighted by molar-refractivity contribution is 0.471. The van der Waals surface area contributed by atoms with Crippen LogP contribution in [-0.2, 0) is 0 Å². The lowest BCUT2D eigenvalue weighted by atomic mass is 9.96. The van der Waals surface area contributed by atoms with Gasteiger partial charge in [-0.2, -0.15) is 0 Å². The monoisotopic (exact) mass is 361 g/mol. The maximum absolute atomic E-state index is 10.9. The van der Waals surface area contributed by atoms with Crippen LogP contribution in [0.2, 0.25) is 5.02 Å². The topological polar surface area (TPSA) is 58.0 Å². The van der Waals surface area contributed by atoms with Gasteiger partial charge >= 0.3 is 0 Å². The molecule has 0 saturated heterocycles. The van der Waals surface area contributed by atoms with E-state index < -0.39 is 0 Å². The van der Waals surface area contributed by atoms with Crippen molar-refractivity contribution in [2.45, 2.75) is 6.04 Å². The van der Waals surface area contributed by atoms with Crippen molar-refractivity contribution < 1.29 is 5.11 Å². The summed E-state index contributed by atoms with van der Waals surface area (Å²) in [5.41, 5.74) is 2.12. The highest BCUT2D eigenvalue weighted by molar-refractivity contribution is 6.35. The average Bonchev–Trinajstić information content (AvgIpc) is 2.71. The van der Waals surface area contributed by atoms with Gasteiger partial charge in [-0.25, -0.2) is 4.98 Å². The van der Waals surface area contributed by atoms with E-state index in [9.17, 15) is 5.11 Å². The smallest absolute Gasteiger partial charge is 0.147 e. The average molecular weight is 362 g/mol. The molecule has 1 atom stereocenters. The van der Waals surface area contributed by atoms with Gasteiger partial charge in [-0.1, -0.05) is 48.0 Å². The molecule has 26 heavy (non-hydrogen) atoms. The minimum absolute atomic E-state index is 0.113. The second-order valence-electron chi connectivity index (χ2n) is 5.90. The Morgan fingerprint density at radius 1 is 0.885 bits per heavy atom. The fraction of sp³-hybridized carbons (Fsp3) is 0.0476. The molecule has 0 saturated carbocycles. The number of benzene rings is 2. The van der Waals surface area contributed by atoms with Crippen molar-refractivity contribution in [3.05, 3.63) is 95.3 Å². The fourth-order valence-corrected chi connectivity index (χ4v) is 3.28. The predicted molar refractivity (Wildman–Crippen MR) is 105 cm³/mol. The third-order valence-electron chi connectivity index (χ3n) is 4.25. The number of halogens is 1. The van der Waals surface area contributed by atoms with Gasteiger partial charge in [0.15, 0.2) is 0 Å². The van der Waals surface area contributed by atoms with Crippen LogP contribution in [0.3, 0.4) is 0 Å². The molecule has 2 aromatic heterocycles. The van der Waals surface area contributed by atoms with E-state index in [0.717, 1.165) is 10.9 Å². The summed E-state index contributed by atoms with van der Waals surface area (Å²) in [6, 6.07) is 20.6. The van der Waals surface area contributed by atoms with Crippen LogP contribution in [0.1, 0.15) is 17.2 Å². The molecule has 128 valence electrons. The maximum Gasteiger partial charge on any atom is 0.147 e. The molecule has 4 rings (SSSR count). The van der Waals surface area contributed by atoms with Gasteiger partial charge in [0.05, 0.1) is 11.1 Å². The summed E-state index contributed by atoms with van der Waals surface area (Å²) in [6.45, 7) is 0. The first-order chi connectivity index (χ1) is 12.7. The minimum atomic E-state index is -0.324. The maximum atomic E-state index is 10.9. The zero-order chi connectivity index (χ0) is 17.9. The van der Waals surface area contributed by atoms with Crippen molar-refractivity contribution in [3.8, 4) is 5.75 Å². The van der Waals surface area contributed by atoms with E-state index in [4.69, 9.17) is 11.6 Å². The standard InChI is InChI=1S/C21H16ClN3O/c22-17-13-16(21(26)20-15(17)9-6-12-24-20)19(14-7-2-1-3-8-14)25-18-10-4-5-11-23-18/h1-13,19,26H,(H,23,25)/t19-/m0/s1. The second kappa shape index (κ2) is 7.02. The van der Waals surface area contributed by atoms with Crippen LogP contribution < -0.4 is 5.32 Å². The van der Waals surface area contributed by atoms with E-state index in [1.807, 2.05) is 54.6 Å². The van der Waals surface area contributed by atoms with Crippen LogP contribution in [0.25, 0.3) is 10.9 Å². The number of rotatable bonds is 4. The SMILES string of the molecule is Oc1c([C@@H](Nc2ccccn2)c2ccccc2)cc(Cl)c2cccnc12. The molecule has 4 aromatic rings. The number of phenols is 1. The number of hydrogen-bond acceptors (Lipinski definition) is 4. The summed E-state index contributed by atoms with van der Waals surface area (Å²) in [7, 11) is 0. The van der Waals surface area contributed by atoms with Gasteiger partial charge in [0.1, 0.15) is 17.1 Å². The summed E-state index contributed by atoms with van der Waals surface area (Å²) < 4.78 is 0. The third kappa shape index (κ3) is 3.07. The summed E-state index contributed by atoms with van der Waals surface area (Å²) in [5.74, 6) is 0.820.